The van der Waals surface area contributed by atoms with Crippen molar-refractivity contribution in [3.05, 3.63) is 122 Å². The van der Waals surface area contributed by atoms with E-state index < -0.39 is 91.5 Å². The number of esters is 3. The van der Waals surface area contributed by atoms with Crippen LogP contribution >= 0.6 is 15.6 Å². The van der Waals surface area contributed by atoms with Gasteiger partial charge in [0.1, 0.15) is 25.4 Å². The van der Waals surface area contributed by atoms with Gasteiger partial charge in [-0.1, -0.05) is 322 Å². The number of allylic oxidation sites excluding steroid dienone is 20. The lowest BCUT2D eigenvalue weighted by atomic mass is 10.0. The molecule has 0 saturated heterocycles. The van der Waals surface area contributed by atoms with Gasteiger partial charge >= 0.3 is 33.6 Å². The molecule has 0 aromatic heterocycles. The summed E-state index contributed by atoms with van der Waals surface area (Å²) in [7, 11) is -9.79. The second-order valence-corrected chi connectivity index (χ2v) is 29.4. The average Bonchev–Trinajstić information content (AvgIpc) is 0.980. The molecule has 0 fully saturated rings. The predicted octanol–water partition coefficient (Wildman–Crippen LogP) is 23.3. The number of carbonyl (C=O) groups is 3. The molecule has 0 aromatic rings. The van der Waals surface area contributed by atoms with Crippen molar-refractivity contribution in [1.82, 2.24) is 0 Å². The van der Waals surface area contributed by atoms with Gasteiger partial charge in [0.2, 0.25) is 0 Å². The van der Waals surface area contributed by atoms with Crippen molar-refractivity contribution in [2.75, 3.05) is 39.6 Å². The third-order valence-electron chi connectivity index (χ3n) is 16.7. The van der Waals surface area contributed by atoms with Gasteiger partial charge in [0.15, 0.2) is 6.10 Å². The summed E-state index contributed by atoms with van der Waals surface area (Å²) in [6.45, 7) is 2.45. The normalized spacial score (nSPS) is 14.6. The van der Waals surface area contributed by atoms with Crippen molar-refractivity contribution >= 4 is 33.6 Å². The summed E-state index contributed by atoms with van der Waals surface area (Å²) >= 11 is 0. The zero-order valence-electron chi connectivity index (χ0n) is 63.5. The van der Waals surface area contributed by atoms with Crippen LogP contribution in [0.2, 0.25) is 0 Å². The zero-order chi connectivity index (χ0) is 73.7. The molecule has 0 saturated carbocycles. The van der Waals surface area contributed by atoms with Crippen LogP contribution in [0, 0.1) is 0 Å². The van der Waals surface area contributed by atoms with E-state index in [2.05, 4.69) is 142 Å². The molecule has 0 rings (SSSR count). The first-order valence-electron chi connectivity index (χ1n) is 39.8. The van der Waals surface area contributed by atoms with Gasteiger partial charge in [-0.25, -0.2) is 9.13 Å². The minimum atomic E-state index is -4.94. The van der Waals surface area contributed by atoms with Crippen molar-refractivity contribution in [2.45, 2.75) is 347 Å². The van der Waals surface area contributed by atoms with Gasteiger partial charge in [-0.3, -0.25) is 32.5 Å². The Morgan fingerprint density at radius 3 is 0.842 bits per heavy atom. The van der Waals surface area contributed by atoms with Crippen molar-refractivity contribution in [3.8, 4) is 0 Å². The molecule has 0 aliphatic rings. The van der Waals surface area contributed by atoms with Crippen molar-refractivity contribution < 1.29 is 75.8 Å². The maximum Gasteiger partial charge on any atom is 0.472 e. The third kappa shape index (κ3) is 76.9. The van der Waals surface area contributed by atoms with Gasteiger partial charge in [0, 0.05) is 19.3 Å². The predicted molar refractivity (Wildman–Crippen MR) is 417 cm³/mol. The quantitative estimate of drug-likeness (QED) is 0.0146. The Bertz CT molecular complexity index is 2320. The molecular weight excluding hydrogens is 1310 g/mol. The van der Waals surface area contributed by atoms with E-state index in [4.69, 9.17) is 32.3 Å². The van der Waals surface area contributed by atoms with Crippen molar-refractivity contribution in [2.24, 2.45) is 0 Å². The number of phosphoric ester groups is 2. The fraction of sp³-hybridized carbons (Fsp3) is 0.723. The Balaban J connectivity index is 4.49. The fourth-order valence-corrected chi connectivity index (χ4v) is 12.3. The van der Waals surface area contributed by atoms with Gasteiger partial charge in [-0.05, 0) is 109 Å². The summed E-state index contributed by atoms with van der Waals surface area (Å²) < 4.78 is 61.1. The molecule has 0 aliphatic heterocycles. The highest BCUT2D eigenvalue weighted by molar-refractivity contribution is 7.47. The molecule has 0 bridgehead atoms. The van der Waals surface area contributed by atoms with Crippen LogP contribution in [-0.4, -0.2) is 95.9 Å². The van der Waals surface area contributed by atoms with Crippen molar-refractivity contribution in [3.63, 3.8) is 0 Å². The van der Waals surface area contributed by atoms with Crippen LogP contribution in [0.5, 0.6) is 0 Å². The van der Waals surface area contributed by atoms with E-state index in [1.807, 2.05) is 0 Å². The minimum Gasteiger partial charge on any atom is -0.463 e. The number of carbonyl (C=O) groups excluding carboxylic acids is 3. The zero-order valence-corrected chi connectivity index (χ0v) is 65.3. The van der Waals surface area contributed by atoms with Crippen LogP contribution in [-0.2, 0) is 55.8 Å². The topological polar surface area (TPSA) is 231 Å². The third-order valence-corrected chi connectivity index (χ3v) is 18.6. The van der Waals surface area contributed by atoms with Gasteiger partial charge < -0.3 is 34.2 Å². The molecule has 0 aliphatic carbocycles. The number of phosphoric acid groups is 2. The number of hydrogen-bond acceptors (Lipinski definition) is 14. The molecule has 0 heterocycles. The Kier molecular flexibility index (Phi) is 72.6. The number of hydrogen-bond donors (Lipinski definition) is 4. The van der Waals surface area contributed by atoms with Crippen molar-refractivity contribution in [1.29, 1.82) is 0 Å². The maximum absolute atomic E-state index is 13.0. The molecule has 0 radical (unpaired) electrons. The second-order valence-electron chi connectivity index (χ2n) is 26.5. The van der Waals surface area contributed by atoms with Gasteiger partial charge in [0.25, 0.3) is 0 Å². The Morgan fingerprint density at radius 1 is 0.287 bits per heavy atom. The molecule has 0 amide bonds. The summed E-state index contributed by atoms with van der Waals surface area (Å²) in [5.41, 5.74) is 0. The molecule has 4 N–H and O–H groups in total. The second kappa shape index (κ2) is 75.6. The Morgan fingerprint density at radius 2 is 0.525 bits per heavy atom. The summed E-state index contributed by atoms with van der Waals surface area (Å²) in [5.74, 6) is -1.60. The molecule has 16 nitrogen and oxygen atoms in total. The molecule has 582 valence electrons. The first-order valence-corrected chi connectivity index (χ1v) is 42.8. The van der Waals surface area contributed by atoms with Crippen LogP contribution in [0.15, 0.2) is 122 Å². The molecule has 18 heteroatoms. The Labute approximate surface area is 614 Å². The minimum absolute atomic E-state index is 0.0992. The lowest BCUT2D eigenvalue weighted by Gasteiger charge is -2.21. The first kappa shape index (κ1) is 97.0. The van der Waals surface area contributed by atoms with Crippen LogP contribution in [0.25, 0.3) is 0 Å². The van der Waals surface area contributed by atoms with E-state index >= 15 is 0 Å². The highest BCUT2D eigenvalue weighted by atomic mass is 31.2. The summed E-state index contributed by atoms with van der Waals surface area (Å²) in [6, 6.07) is 0. The Hall–Kier alpha value is -4.05. The summed E-state index contributed by atoms with van der Waals surface area (Å²) in [5, 5.41) is 20.6. The number of aliphatic hydroxyl groups excluding tert-OH is 2. The molecule has 5 atom stereocenters. The standard InChI is InChI=1S/C83H144O16P2/c1-4-7-10-13-16-19-22-25-28-30-32-33-34-35-36-37-38-39-40-41-42-43-45-47-49-51-54-57-60-63-66-69-81(86)93-72-78(84)73-95-100(89,90)96-74-79(85)75-97-101(91,92)98-77-80(99-83(88)71-68-65-62-59-56-53-48-27-24-21-18-15-12-9-6-3)76-94-82(87)70-67-64-61-58-55-52-50-46-44-31-29-26-23-20-17-14-11-8-5-2/h7-8,10-11,16-17,19-20,25-26,28-29,32-33,35-36,44,46,52,55,78-80,84-85H,4-6,9,12-15,18,21-24,27,30-31,34,37-43,45,47-51,53-54,56-77H2,1-3H3,(H,89,90)(H,91,92)/b10-7-,11-8-,19-16-,20-17-,28-25-,29-26-,33-32-,36-35-,46-44-,55-52-. The van der Waals surface area contributed by atoms with Gasteiger partial charge in [-0.15, -0.1) is 0 Å². The van der Waals surface area contributed by atoms with E-state index in [1.165, 1.54) is 141 Å². The number of ether oxygens (including phenoxy) is 3. The van der Waals surface area contributed by atoms with Crippen LogP contribution in [0.3, 0.4) is 0 Å². The van der Waals surface area contributed by atoms with Crippen LogP contribution in [0.4, 0.5) is 0 Å². The molecular formula is C83H144O16P2. The largest absolute Gasteiger partial charge is 0.472 e. The lowest BCUT2D eigenvalue weighted by molar-refractivity contribution is -0.161. The highest BCUT2D eigenvalue weighted by Crippen LogP contribution is 2.45. The smallest absolute Gasteiger partial charge is 0.463 e. The van der Waals surface area contributed by atoms with Crippen LogP contribution < -0.4 is 0 Å². The van der Waals surface area contributed by atoms with Gasteiger partial charge in [0.05, 0.1) is 26.4 Å². The van der Waals surface area contributed by atoms with E-state index in [1.54, 1.807) is 0 Å². The fourth-order valence-electron chi connectivity index (χ4n) is 10.7. The number of aliphatic hydroxyl groups is 2. The van der Waals surface area contributed by atoms with E-state index in [-0.39, 0.29) is 19.3 Å². The molecule has 0 spiro atoms. The van der Waals surface area contributed by atoms with E-state index in [0.717, 1.165) is 128 Å². The molecule has 5 unspecified atom stereocenters. The van der Waals surface area contributed by atoms with E-state index in [0.29, 0.717) is 19.3 Å². The van der Waals surface area contributed by atoms with Crippen LogP contribution in [0.1, 0.15) is 329 Å². The number of rotatable bonds is 75. The maximum atomic E-state index is 13.0. The average molecular weight is 1460 g/mol. The SMILES string of the molecule is CC/C=C\C/C=C\C/C=C\C/C=C\C/C=C\CCCCCCCCCCCCCCCCCC(=O)OCC(O)COP(=O)(O)OCC(O)COP(=O)(O)OCC(COC(=O)CCCCC/C=C\C/C=C\C/C=C\C/C=C\C/C=C\CC)OC(=O)CCCCCCCCCCCCCCCCC. The number of unbranched alkanes of at least 4 members (excludes halogenated alkanes) is 32. The lowest BCUT2D eigenvalue weighted by Crippen LogP contribution is -2.30. The van der Waals surface area contributed by atoms with E-state index in [9.17, 15) is 43.5 Å². The monoisotopic (exact) mass is 1460 g/mol. The van der Waals surface area contributed by atoms with Gasteiger partial charge in [-0.2, -0.15) is 0 Å². The summed E-state index contributed by atoms with van der Waals surface area (Å²) in [4.78, 5) is 58.6. The molecule has 0 aromatic carbocycles. The summed E-state index contributed by atoms with van der Waals surface area (Å²) in [6.07, 6.45) is 89.7. The first-order chi connectivity index (χ1) is 49.2. The molecule has 101 heavy (non-hydrogen) atoms. The highest BCUT2D eigenvalue weighted by Gasteiger charge is 2.29.